The van der Waals surface area contributed by atoms with Gasteiger partial charge in [0.05, 0.1) is 0 Å². The first kappa shape index (κ1) is 9.24. The molecule has 0 spiro atoms. The van der Waals surface area contributed by atoms with Gasteiger partial charge in [0.15, 0.2) is 0 Å². The molecule has 0 bridgehead atoms. The molecule has 64 valence electrons. The Labute approximate surface area is 72.3 Å². The van der Waals surface area contributed by atoms with Crippen LogP contribution in [0.4, 0.5) is 0 Å². The second-order valence-corrected chi connectivity index (χ2v) is 4.74. The van der Waals surface area contributed by atoms with E-state index in [1.165, 1.54) is 12.9 Å². The molecule has 0 aliphatic carbocycles. The van der Waals surface area contributed by atoms with Gasteiger partial charge < -0.3 is 4.52 Å². The monoisotopic (exact) mass is 182 g/mol. The first-order valence-corrected chi connectivity index (χ1v) is 5.27. The van der Waals surface area contributed by atoms with Crippen molar-refractivity contribution in [2.24, 2.45) is 0 Å². The highest BCUT2D eigenvalue weighted by Crippen LogP contribution is 2.45. The van der Waals surface area contributed by atoms with Crippen LogP contribution in [-0.4, -0.2) is 7.11 Å². The van der Waals surface area contributed by atoms with Crippen LogP contribution in [0.2, 0.25) is 0 Å². The molecule has 3 heteroatoms. The molecule has 0 radical (unpaired) electrons. The molecular formula is C9H11O2P. The molecule has 0 aliphatic heterocycles. The lowest BCUT2D eigenvalue weighted by atomic mass is 10.4. The zero-order valence-corrected chi connectivity index (χ0v) is 7.83. The first-order chi connectivity index (χ1) is 5.73. The summed E-state index contributed by atoms with van der Waals surface area (Å²) in [5.74, 6) is 1.36. The van der Waals surface area contributed by atoms with Crippen LogP contribution in [0.15, 0.2) is 42.7 Å². The lowest BCUT2D eigenvalue weighted by Gasteiger charge is -2.10. The summed E-state index contributed by atoms with van der Waals surface area (Å²) in [4.78, 5) is 0. The summed E-state index contributed by atoms with van der Waals surface area (Å²) < 4.78 is 16.7. The molecule has 12 heavy (non-hydrogen) atoms. The topological polar surface area (TPSA) is 26.3 Å². The van der Waals surface area contributed by atoms with Gasteiger partial charge in [-0.25, -0.2) is 0 Å². The molecule has 1 atom stereocenters. The highest BCUT2D eigenvalue weighted by Gasteiger charge is 2.18. The summed E-state index contributed by atoms with van der Waals surface area (Å²) >= 11 is 0. The van der Waals surface area contributed by atoms with Crippen molar-refractivity contribution >= 4 is 12.7 Å². The number of benzene rings is 1. The van der Waals surface area contributed by atoms with Crippen LogP contribution in [0, 0.1) is 0 Å². The van der Waals surface area contributed by atoms with Gasteiger partial charge in [-0.1, -0.05) is 24.8 Å². The van der Waals surface area contributed by atoms with Crippen molar-refractivity contribution in [2.45, 2.75) is 0 Å². The van der Waals surface area contributed by atoms with Crippen LogP contribution in [0.1, 0.15) is 0 Å². The highest BCUT2D eigenvalue weighted by atomic mass is 31.2. The Hall–Kier alpha value is -0.850. The van der Waals surface area contributed by atoms with Gasteiger partial charge in [-0.3, -0.25) is 4.57 Å². The zero-order valence-electron chi connectivity index (χ0n) is 6.93. The molecule has 0 amide bonds. The van der Waals surface area contributed by atoms with E-state index in [1.807, 2.05) is 18.2 Å². The number of hydrogen-bond acceptors (Lipinski definition) is 2. The normalized spacial score (nSPS) is 15.1. The van der Waals surface area contributed by atoms with E-state index in [1.54, 1.807) is 12.1 Å². The van der Waals surface area contributed by atoms with Crippen LogP contribution in [0.25, 0.3) is 0 Å². The summed E-state index contributed by atoms with van der Waals surface area (Å²) in [5, 5.41) is 0.683. The minimum atomic E-state index is -2.77. The Kier molecular flexibility index (Phi) is 2.85. The summed E-state index contributed by atoms with van der Waals surface area (Å²) in [6, 6.07) is 9.06. The van der Waals surface area contributed by atoms with Crippen LogP contribution >= 0.6 is 7.37 Å². The van der Waals surface area contributed by atoms with E-state index < -0.39 is 7.37 Å². The van der Waals surface area contributed by atoms with Crippen LogP contribution in [0.5, 0.6) is 0 Å². The van der Waals surface area contributed by atoms with Crippen molar-refractivity contribution < 1.29 is 9.09 Å². The molecule has 0 unspecified atom stereocenters. The standard InChI is InChI=1S/C9H11O2P/c1-3-12(10,11-2)9-7-5-4-6-8-9/h3-8H,1H2,2H3/t12-/m0/s1. The zero-order chi connectivity index (χ0) is 9.03. The average molecular weight is 182 g/mol. The van der Waals surface area contributed by atoms with Crippen molar-refractivity contribution in [2.75, 3.05) is 7.11 Å². The maximum absolute atomic E-state index is 11.8. The maximum Gasteiger partial charge on any atom is 0.253 e. The first-order valence-electron chi connectivity index (χ1n) is 3.57. The Bertz CT molecular complexity index is 306. The van der Waals surface area contributed by atoms with Crippen molar-refractivity contribution in [1.82, 2.24) is 0 Å². The SMILES string of the molecule is C=C[P@](=O)(OC)c1ccccc1. The highest BCUT2D eigenvalue weighted by molar-refractivity contribution is 7.69. The van der Waals surface area contributed by atoms with E-state index in [-0.39, 0.29) is 0 Å². The summed E-state index contributed by atoms with van der Waals surface area (Å²) in [6.45, 7) is 3.49. The molecule has 0 heterocycles. The van der Waals surface area contributed by atoms with Gasteiger partial charge in [0.1, 0.15) is 0 Å². The fraction of sp³-hybridized carbons (Fsp3) is 0.111. The third kappa shape index (κ3) is 1.66. The molecular weight excluding hydrogens is 171 g/mol. The number of hydrogen-bond donors (Lipinski definition) is 0. The lowest BCUT2D eigenvalue weighted by molar-refractivity contribution is 0.411. The molecule has 0 saturated heterocycles. The summed E-state index contributed by atoms with van der Waals surface area (Å²) in [7, 11) is -1.34. The van der Waals surface area contributed by atoms with Gasteiger partial charge in [0.2, 0.25) is 0 Å². The predicted octanol–water partition coefficient (Wildman–Crippen LogP) is 2.38. The third-order valence-corrected chi connectivity index (χ3v) is 3.67. The van der Waals surface area contributed by atoms with Gasteiger partial charge >= 0.3 is 0 Å². The van der Waals surface area contributed by atoms with Gasteiger partial charge in [-0.2, -0.15) is 0 Å². The summed E-state index contributed by atoms with van der Waals surface area (Å²) in [6.07, 6.45) is 0. The van der Waals surface area contributed by atoms with Gasteiger partial charge in [-0.05, 0) is 17.9 Å². The molecule has 1 aromatic carbocycles. The van der Waals surface area contributed by atoms with Gasteiger partial charge in [0.25, 0.3) is 7.37 Å². The Balaban J connectivity index is 3.12. The van der Waals surface area contributed by atoms with Crippen molar-refractivity contribution in [3.05, 3.63) is 42.7 Å². The second kappa shape index (κ2) is 3.70. The van der Waals surface area contributed by atoms with Crippen LogP contribution in [-0.2, 0) is 9.09 Å². The molecule has 0 saturated carbocycles. The minimum Gasteiger partial charge on any atom is -0.326 e. The van der Waals surface area contributed by atoms with E-state index in [4.69, 9.17) is 4.52 Å². The summed E-state index contributed by atoms with van der Waals surface area (Å²) in [5.41, 5.74) is 0. The van der Waals surface area contributed by atoms with Gasteiger partial charge in [-0.15, -0.1) is 0 Å². The molecule has 0 N–H and O–H groups in total. The largest absolute Gasteiger partial charge is 0.326 e. The van der Waals surface area contributed by atoms with Crippen molar-refractivity contribution in [3.8, 4) is 0 Å². The fourth-order valence-electron chi connectivity index (χ4n) is 0.921. The molecule has 1 rings (SSSR count). The number of rotatable bonds is 3. The smallest absolute Gasteiger partial charge is 0.253 e. The molecule has 1 aromatic rings. The predicted molar refractivity (Wildman–Crippen MR) is 50.9 cm³/mol. The van der Waals surface area contributed by atoms with E-state index >= 15 is 0 Å². The van der Waals surface area contributed by atoms with Crippen LogP contribution in [0.3, 0.4) is 0 Å². The Morgan fingerprint density at radius 2 is 2.00 bits per heavy atom. The molecule has 0 aliphatic rings. The van der Waals surface area contributed by atoms with Crippen molar-refractivity contribution in [1.29, 1.82) is 0 Å². The van der Waals surface area contributed by atoms with E-state index in [0.717, 1.165) is 0 Å². The lowest BCUT2D eigenvalue weighted by Crippen LogP contribution is -2.02. The van der Waals surface area contributed by atoms with Crippen LogP contribution < -0.4 is 5.30 Å². The minimum absolute atomic E-state index is 0.683. The van der Waals surface area contributed by atoms with E-state index in [0.29, 0.717) is 5.30 Å². The van der Waals surface area contributed by atoms with E-state index in [9.17, 15) is 4.57 Å². The van der Waals surface area contributed by atoms with E-state index in [2.05, 4.69) is 6.58 Å². The third-order valence-electron chi connectivity index (χ3n) is 1.63. The average Bonchev–Trinajstić information content (AvgIpc) is 2.18. The Morgan fingerprint density at radius 3 is 2.42 bits per heavy atom. The fourth-order valence-corrected chi connectivity index (χ4v) is 2.08. The van der Waals surface area contributed by atoms with Crippen molar-refractivity contribution in [3.63, 3.8) is 0 Å². The molecule has 2 nitrogen and oxygen atoms in total. The second-order valence-electron chi connectivity index (χ2n) is 2.30. The molecule has 0 aromatic heterocycles. The Morgan fingerprint density at radius 1 is 1.42 bits per heavy atom. The molecule has 0 fully saturated rings. The maximum atomic E-state index is 11.8. The van der Waals surface area contributed by atoms with Gasteiger partial charge in [0, 0.05) is 12.4 Å². The quantitative estimate of drug-likeness (QED) is 0.671.